The van der Waals surface area contributed by atoms with Gasteiger partial charge in [0.2, 0.25) is 0 Å². The van der Waals surface area contributed by atoms with E-state index in [1.54, 1.807) is 0 Å². The maximum absolute atomic E-state index is 6.27. The van der Waals surface area contributed by atoms with Gasteiger partial charge in [0.25, 0.3) is 0 Å². The van der Waals surface area contributed by atoms with Gasteiger partial charge in [-0.25, -0.2) is 0 Å². The summed E-state index contributed by atoms with van der Waals surface area (Å²) in [5, 5.41) is 0. The lowest BCUT2D eigenvalue weighted by Crippen LogP contribution is -2.36. The van der Waals surface area contributed by atoms with Crippen molar-refractivity contribution in [3.63, 3.8) is 0 Å². The fourth-order valence-corrected chi connectivity index (χ4v) is 4.51. The van der Waals surface area contributed by atoms with Gasteiger partial charge in [-0.3, -0.25) is 0 Å². The molecule has 0 bridgehead atoms. The quantitative estimate of drug-likeness (QED) is 0.552. The molecule has 0 aromatic carbocycles. The molecule has 3 fully saturated rings. The molecule has 1 nitrogen and oxygen atoms in total. The van der Waals surface area contributed by atoms with Crippen LogP contribution in [0, 0.1) is 17.8 Å². The number of ether oxygens (including phenoxy) is 1. The topological polar surface area (TPSA) is 9.23 Å². The largest absolute Gasteiger partial charge is 0.375 e. The zero-order chi connectivity index (χ0) is 10.5. The summed E-state index contributed by atoms with van der Waals surface area (Å²) in [5.74, 6) is 2.77. The van der Waals surface area contributed by atoms with Crippen molar-refractivity contribution in [3.05, 3.63) is 0 Å². The Labute approximate surface area is 94.0 Å². The molecule has 1 spiro atoms. The van der Waals surface area contributed by atoms with Gasteiger partial charge in [0.15, 0.2) is 0 Å². The molecule has 2 heterocycles. The Balaban J connectivity index is 1.77. The van der Waals surface area contributed by atoms with Crippen LogP contribution in [0.1, 0.15) is 32.6 Å². The predicted molar refractivity (Wildman–Crippen MR) is 64.5 cm³/mol. The first-order chi connectivity index (χ1) is 7.20. The van der Waals surface area contributed by atoms with Crippen molar-refractivity contribution in [2.75, 3.05) is 6.61 Å². The van der Waals surface area contributed by atoms with Crippen LogP contribution >= 0.6 is 0 Å². The van der Waals surface area contributed by atoms with Crippen LogP contribution in [0.5, 0.6) is 0 Å². The second-order valence-electron chi connectivity index (χ2n) is 6.51. The van der Waals surface area contributed by atoms with Crippen molar-refractivity contribution >= 4 is 6.71 Å². The minimum absolute atomic E-state index is 0.338. The van der Waals surface area contributed by atoms with Gasteiger partial charge in [-0.2, -0.15) is 0 Å². The summed E-state index contributed by atoms with van der Waals surface area (Å²) in [6.07, 6.45) is 8.42. The molecular weight excluding hydrogens is 183 g/mol. The molecule has 0 aromatic rings. The molecule has 0 amide bonds. The summed E-state index contributed by atoms with van der Waals surface area (Å²) < 4.78 is 6.27. The van der Waals surface area contributed by atoms with Crippen molar-refractivity contribution < 1.29 is 4.74 Å². The first-order valence-corrected chi connectivity index (χ1v) is 6.83. The van der Waals surface area contributed by atoms with Crippen LogP contribution in [-0.4, -0.2) is 18.9 Å². The molecule has 3 aliphatic rings. The highest BCUT2D eigenvalue weighted by molar-refractivity contribution is 6.58. The van der Waals surface area contributed by atoms with Crippen LogP contribution < -0.4 is 0 Å². The van der Waals surface area contributed by atoms with Gasteiger partial charge < -0.3 is 4.74 Å². The third kappa shape index (κ3) is 1.56. The Morgan fingerprint density at radius 2 is 2.20 bits per heavy atom. The molecule has 2 heteroatoms. The summed E-state index contributed by atoms with van der Waals surface area (Å²) in [5.41, 5.74) is 0.338. The minimum atomic E-state index is 0.338. The highest BCUT2D eigenvalue weighted by Gasteiger charge is 2.53. The van der Waals surface area contributed by atoms with Crippen LogP contribution in [0.2, 0.25) is 19.5 Å². The van der Waals surface area contributed by atoms with E-state index in [-0.39, 0.29) is 0 Å². The molecule has 0 radical (unpaired) electrons. The number of fused-ring (bicyclic) bond motifs is 2. The Morgan fingerprint density at radius 1 is 1.33 bits per heavy atom. The molecule has 15 heavy (non-hydrogen) atoms. The zero-order valence-electron chi connectivity index (χ0n) is 10.2. The van der Waals surface area contributed by atoms with Crippen molar-refractivity contribution in [3.8, 4) is 0 Å². The Bertz CT molecular complexity index is 255. The van der Waals surface area contributed by atoms with Gasteiger partial charge in [0, 0.05) is 0 Å². The summed E-state index contributed by atoms with van der Waals surface area (Å²) in [6, 6.07) is 0. The summed E-state index contributed by atoms with van der Waals surface area (Å²) >= 11 is 0. The fraction of sp³-hybridized carbons (Fsp3) is 1.00. The van der Waals surface area contributed by atoms with Crippen molar-refractivity contribution in [1.29, 1.82) is 0 Å². The molecule has 0 aromatic heterocycles. The molecule has 4 atom stereocenters. The van der Waals surface area contributed by atoms with Gasteiger partial charge in [-0.05, 0) is 43.3 Å². The molecule has 2 saturated heterocycles. The van der Waals surface area contributed by atoms with Crippen LogP contribution in [0.25, 0.3) is 0 Å². The van der Waals surface area contributed by atoms with Crippen LogP contribution in [0.3, 0.4) is 0 Å². The first kappa shape index (κ1) is 10.2. The van der Waals surface area contributed by atoms with E-state index in [0.717, 1.165) is 31.1 Å². The van der Waals surface area contributed by atoms with Gasteiger partial charge in [-0.15, -0.1) is 0 Å². The molecule has 4 unspecified atom stereocenters. The third-order valence-electron chi connectivity index (χ3n) is 5.26. The van der Waals surface area contributed by atoms with E-state index in [0.29, 0.717) is 5.60 Å². The van der Waals surface area contributed by atoms with E-state index in [1.807, 2.05) is 0 Å². The number of rotatable bonds is 0. The number of hydrogen-bond donors (Lipinski definition) is 0. The van der Waals surface area contributed by atoms with E-state index < -0.39 is 0 Å². The number of hydrogen-bond acceptors (Lipinski definition) is 1. The highest BCUT2D eigenvalue weighted by atomic mass is 16.5. The Morgan fingerprint density at radius 3 is 2.93 bits per heavy atom. The van der Waals surface area contributed by atoms with Crippen molar-refractivity contribution in [2.45, 2.75) is 57.7 Å². The zero-order valence-corrected chi connectivity index (χ0v) is 10.2. The maximum atomic E-state index is 6.27. The van der Waals surface area contributed by atoms with E-state index >= 15 is 0 Å². The van der Waals surface area contributed by atoms with Crippen molar-refractivity contribution in [2.24, 2.45) is 17.8 Å². The SMILES string of the molecule is CB1CCC2(C1)OCC1CC(C)CCC12. The molecule has 1 saturated carbocycles. The molecular formula is C13H23BO. The predicted octanol–water partition coefficient (Wildman–Crippen LogP) is 3.34. The van der Waals surface area contributed by atoms with E-state index in [1.165, 1.54) is 38.3 Å². The summed E-state index contributed by atoms with van der Waals surface area (Å²) in [4.78, 5) is 0. The molecule has 0 N–H and O–H groups in total. The molecule has 3 rings (SSSR count). The average molecular weight is 206 g/mol. The average Bonchev–Trinajstić information content (AvgIpc) is 2.73. The van der Waals surface area contributed by atoms with E-state index in [2.05, 4.69) is 13.7 Å². The molecule has 84 valence electrons. The van der Waals surface area contributed by atoms with Gasteiger partial charge in [0.1, 0.15) is 6.71 Å². The maximum Gasteiger partial charge on any atom is 0.140 e. The van der Waals surface area contributed by atoms with Crippen LogP contribution in [-0.2, 0) is 4.74 Å². The summed E-state index contributed by atoms with van der Waals surface area (Å²) in [6.45, 7) is 6.79. The fourth-order valence-electron chi connectivity index (χ4n) is 4.51. The lowest BCUT2D eigenvalue weighted by molar-refractivity contribution is -0.00556. The monoisotopic (exact) mass is 206 g/mol. The van der Waals surface area contributed by atoms with Gasteiger partial charge >= 0.3 is 0 Å². The molecule has 2 aliphatic heterocycles. The van der Waals surface area contributed by atoms with Gasteiger partial charge in [0.05, 0.1) is 12.2 Å². The molecule has 1 aliphatic carbocycles. The lowest BCUT2D eigenvalue weighted by atomic mass is 9.49. The van der Waals surface area contributed by atoms with Crippen LogP contribution in [0.15, 0.2) is 0 Å². The third-order valence-corrected chi connectivity index (χ3v) is 5.26. The second kappa shape index (κ2) is 3.51. The summed E-state index contributed by atoms with van der Waals surface area (Å²) in [7, 11) is 0. The minimum Gasteiger partial charge on any atom is -0.375 e. The van der Waals surface area contributed by atoms with E-state index in [4.69, 9.17) is 4.74 Å². The van der Waals surface area contributed by atoms with E-state index in [9.17, 15) is 0 Å². The normalized spacial score (nSPS) is 50.0. The smallest absolute Gasteiger partial charge is 0.140 e. The Kier molecular flexibility index (Phi) is 2.39. The van der Waals surface area contributed by atoms with Crippen molar-refractivity contribution in [1.82, 2.24) is 0 Å². The van der Waals surface area contributed by atoms with Gasteiger partial charge in [-0.1, -0.05) is 26.5 Å². The highest BCUT2D eigenvalue weighted by Crippen LogP contribution is 2.53. The lowest BCUT2D eigenvalue weighted by Gasteiger charge is -2.37. The first-order valence-electron chi connectivity index (χ1n) is 6.83. The second-order valence-corrected chi connectivity index (χ2v) is 6.51. The standard InChI is InChI=1S/C13H23BO/c1-10-3-4-12-11(7-10)8-15-13(12)5-6-14(2)9-13/h10-12H,3-9H2,1-2H3. The van der Waals surface area contributed by atoms with Crippen LogP contribution in [0.4, 0.5) is 0 Å². The Hall–Kier alpha value is 0.0249.